The maximum Gasteiger partial charge on any atom is 0.308 e. The molecule has 1 aromatic heterocycles. The molecule has 1 spiro atoms. The Labute approximate surface area is 241 Å². The number of hydrogen-bond donors (Lipinski definition) is 1. The van der Waals surface area contributed by atoms with Gasteiger partial charge in [0.2, 0.25) is 5.91 Å². The molecule has 206 valence electrons. The largest absolute Gasteiger partial charge is 0.427 e. The molecule has 4 heterocycles. The molecule has 42 heavy (non-hydrogen) atoms. The molecule has 3 aromatic carbocycles. The van der Waals surface area contributed by atoms with Gasteiger partial charge < -0.3 is 15.0 Å². The summed E-state index contributed by atoms with van der Waals surface area (Å²) in [5.74, 6) is -2.25. The number of rotatable bonds is 5. The lowest BCUT2D eigenvalue weighted by atomic mass is 9.62. The van der Waals surface area contributed by atoms with Crippen molar-refractivity contribution < 1.29 is 23.9 Å². The van der Waals surface area contributed by atoms with Gasteiger partial charge in [0.15, 0.2) is 11.6 Å². The van der Waals surface area contributed by atoms with Gasteiger partial charge >= 0.3 is 5.97 Å². The first-order chi connectivity index (χ1) is 20.4. The first-order valence-electron chi connectivity index (χ1n) is 13.6. The Morgan fingerprint density at radius 3 is 2.40 bits per heavy atom. The SMILES string of the molecule is CC(=O)Oc1ccc(C(=O)[C@@H]2[C@H](C(=O)c3cccnc3)[C@@]3(C(=O)Nc4ccccc43)[C@H]3c4ccccc4C=CN23)cc1. The van der Waals surface area contributed by atoms with E-state index < -0.39 is 29.4 Å². The second kappa shape index (κ2) is 9.62. The lowest BCUT2D eigenvalue weighted by Gasteiger charge is -2.38. The van der Waals surface area contributed by atoms with Crippen LogP contribution in [-0.4, -0.2) is 39.4 Å². The number of aromatic nitrogens is 1. The average Bonchev–Trinajstić information content (AvgIpc) is 3.49. The van der Waals surface area contributed by atoms with Gasteiger partial charge in [0, 0.05) is 42.3 Å². The second-order valence-corrected chi connectivity index (χ2v) is 10.7. The average molecular weight is 556 g/mol. The number of carbonyl (C=O) groups is 4. The number of ketones is 2. The molecular formula is C34H25N3O5. The number of esters is 1. The van der Waals surface area contributed by atoms with Gasteiger partial charge in [0.1, 0.15) is 17.2 Å². The Morgan fingerprint density at radius 1 is 0.881 bits per heavy atom. The summed E-state index contributed by atoms with van der Waals surface area (Å²) in [6.07, 6.45) is 6.80. The van der Waals surface area contributed by atoms with E-state index in [9.17, 15) is 19.2 Å². The van der Waals surface area contributed by atoms with Crippen LogP contribution in [0.5, 0.6) is 5.75 Å². The van der Waals surface area contributed by atoms with E-state index in [0.717, 1.165) is 11.1 Å². The van der Waals surface area contributed by atoms with Crippen LogP contribution in [-0.2, 0) is 15.0 Å². The summed E-state index contributed by atoms with van der Waals surface area (Å²) >= 11 is 0. The number of Topliss-reactive ketones (excluding diaryl/α,β-unsaturated/α-hetero) is 2. The van der Waals surface area contributed by atoms with E-state index in [-0.39, 0.29) is 17.5 Å². The molecule has 7 rings (SSSR count). The molecule has 1 amide bonds. The van der Waals surface area contributed by atoms with Crippen molar-refractivity contribution in [3.63, 3.8) is 0 Å². The van der Waals surface area contributed by atoms with Gasteiger partial charge in [-0.1, -0.05) is 42.5 Å². The van der Waals surface area contributed by atoms with Crippen LogP contribution in [0.15, 0.2) is 104 Å². The van der Waals surface area contributed by atoms with Crippen LogP contribution in [0.25, 0.3) is 6.08 Å². The van der Waals surface area contributed by atoms with Crippen LogP contribution in [0, 0.1) is 5.92 Å². The van der Waals surface area contributed by atoms with Gasteiger partial charge in [-0.15, -0.1) is 0 Å². The molecule has 8 heteroatoms. The van der Waals surface area contributed by atoms with Crippen molar-refractivity contribution in [2.24, 2.45) is 5.92 Å². The Hall–Kier alpha value is -5.37. The minimum Gasteiger partial charge on any atom is -0.427 e. The number of pyridine rings is 1. The predicted octanol–water partition coefficient (Wildman–Crippen LogP) is 4.99. The number of fused-ring (bicyclic) bond motifs is 6. The van der Waals surface area contributed by atoms with E-state index in [1.807, 2.05) is 65.7 Å². The zero-order valence-electron chi connectivity index (χ0n) is 22.6. The quantitative estimate of drug-likeness (QED) is 0.210. The minimum absolute atomic E-state index is 0.304. The predicted molar refractivity (Wildman–Crippen MR) is 155 cm³/mol. The fraction of sp³-hybridized carbons (Fsp3) is 0.147. The number of hydrogen-bond acceptors (Lipinski definition) is 7. The van der Waals surface area contributed by atoms with E-state index in [1.165, 1.54) is 13.1 Å². The molecule has 1 N–H and O–H groups in total. The molecule has 0 bridgehead atoms. The molecule has 0 aliphatic carbocycles. The van der Waals surface area contributed by atoms with Crippen LogP contribution in [0.2, 0.25) is 0 Å². The van der Waals surface area contributed by atoms with E-state index in [4.69, 9.17) is 4.74 Å². The Balaban J connectivity index is 1.48. The van der Waals surface area contributed by atoms with Crippen molar-refractivity contribution in [2.75, 3.05) is 5.32 Å². The molecule has 1 saturated heterocycles. The number of nitrogens with zero attached hydrogens (tertiary/aromatic N) is 2. The first kappa shape index (κ1) is 25.6. The number of anilines is 1. The van der Waals surface area contributed by atoms with Crippen molar-refractivity contribution in [3.05, 3.63) is 131 Å². The monoisotopic (exact) mass is 555 g/mol. The van der Waals surface area contributed by atoms with Crippen molar-refractivity contribution in [3.8, 4) is 5.75 Å². The molecule has 0 unspecified atom stereocenters. The summed E-state index contributed by atoms with van der Waals surface area (Å²) in [7, 11) is 0. The molecule has 0 saturated carbocycles. The first-order valence-corrected chi connectivity index (χ1v) is 13.6. The summed E-state index contributed by atoms with van der Waals surface area (Å²) in [6, 6.07) is 23.1. The lowest BCUT2D eigenvalue weighted by Crippen LogP contribution is -2.49. The van der Waals surface area contributed by atoms with Crippen molar-refractivity contribution in [2.45, 2.75) is 24.4 Å². The van der Waals surface area contributed by atoms with Gasteiger partial charge in [-0.3, -0.25) is 24.2 Å². The van der Waals surface area contributed by atoms with E-state index >= 15 is 0 Å². The highest BCUT2D eigenvalue weighted by Gasteiger charge is 2.70. The normalized spacial score (nSPS) is 23.1. The van der Waals surface area contributed by atoms with E-state index in [0.29, 0.717) is 28.1 Å². The smallest absolute Gasteiger partial charge is 0.308 e. The van der Waals surface area contributed by atoms with Crippen LogP contribution in [0.1, 0.15) is 50.4 Å². The van der Waals surface area contributed by atoms with Crippen molar-refractivity contribution in [1.29, 1.82) is 0 Å². The zero-order chi connectivity index (χ0) is 29.0. The minimum atomic E-state index is -1.41. The van der Waals surface area contributed by atoms with Crippen LogP contribution in [0.3, 0.4) is 0 Å². The number of amides is 1. The Kier molecular flexibility index (Phi) is 5.86. The van der Waals surface area contributed by atoms with Gasteiger partial charge in [-0.05, 0) is 65.2 Å². The molecule has 8 nitrogen and oxygen atoms in total. The Morgan fingerprint density at radius 2 is 1.64 bits per heavy atom. The molecular weight excluding hydrogens is 530 g/mol. The third-order valence-corrected chi connectivity index (χ3v) is 8.47. The number of nitrogens with one attached hydrogen (secondary N) is 1. The summed E-state index contributed by atoms with van der Waals surface area (Å²) in [4.78, 5) is 61.1. The summed E-state index contributed by atoms with van der Waals surface area (Å²) in [5, 5.41) is 3.04. The third-order valence-electron chi connectivity index (χ3n) is 8.47. The molecule has 4 atom stereocenters. The summed E-state index contributed by atoms with van der Waals surface area (Å²) in [5.41, 5.74) is 2.31. The van der Waals surface area contributed by atoms with E-state index in [1.54, 1.807) is 42.6 Å². The van der Waals surface area contributed by atoms with Gasteiger partial charge in [-0.25, -0.2) is 0 Å². The number of ether oxygens (including phenoxy) is 1. The number of para-hydroxylation sites is 1. The lowest BCUT2D eigenvalue weighted by molar-refractivity contribution is -0.131. The summed E-state index contributed by atoms with van der Waals surface area (Å²) < 4.78 is 5.16. The zero-order valence-corrected chi connectivity index (χ0v) is 22.6. The van der Waals surface area contributed by atoms with Gasteiger partial charge in [-0.2, -0.15) is 0 Å². The number of carbonyl (C=O) groups excluding carboxylic acids is 4. The molecule has 1 fully saturated rings. The summed E-state index contributed by atoms with van der Waals surface area (Å²) in [6.45, 7) is 1.30. The Bertz CT molecular complexity index is 1800. The van der Waals surface area contributed by atoms with E-state index in [2.05, 4.69) is 10.3 Å². The highest BCUT2D eigenvalue weighted by Crippen LogP contribution is 2.62. The van der Waals surface area contributed by atoms with Crippen LogP contribution >= 0.6 is 0 Å². The van der Waals surface area contributed by atoms with Crippen molar-refractivity contribution >= 4 is 35.2 Å². The standard InChI is InChI=1S/C34H25N3O5/c1-20(38)42-24-14-12-22(13-15-24)31(40)29-28(30(39)23-8-6-17-35-19-23)34(26-10-4-5-11-27(26)36-33(34)41)32-25-9-3-2-7-21(25)16-18-37(29)32/h2-19,28-29,32H,1H3,(H,36,41)/t28-,29+,32-,34-/m1/s1. The highest BCUT2D eigenvalue weighted by atomic mass is 16.5. The highest BCUT2D eigenvalue weighted by molar-refractivity contribution is 6.16. The molecule has 0 radical (unpaired) electrons. The van der Waals surface area contributed by atoms with Crippen LogP contribution in [0.4, 0.5) is 5.69 Å². The fourth-order valence-electron chi connectivity index (χ4n) is 6.88. The van der Waals surface area contributed by atoms with Gasteiger partial charge in [0.25, 0.3) is 0 Å². The molecule has 3 aliphatic heterocycles. The van der Waals surface area contributed by atoms with Gasteiger partial charge in [0.05, 0.1) is 12.0 Å². The second-order valence-electron chi connectivity index (χ2n) is 10.7. The van der Waals surface area contributed by atoms with Crippen LogP contribution < -0.4 is 10.1 Å². The number of benzene rings is 3. The maximum atomic E-state index is 14.7. The maximum absolute atomic E-state index is 14.7. The third kappa shape index (κ3) is 3.65. The van der Waals surface area contributed by atoms with Crippen molar-refractivity contribution in [1.82, 2.24) is 9.88 Å². The molecule has 3 aliphatic rings. The molecule has 4 aromatic rings. The fourth-order valence-corrected chi connectivity index (χ4v) is 6.88. The topological polar surface area (TPSA) is 106 Å².